The van der Waals surface area contributed by atoms with Crippen LogP contribution in [0, 0.1) is 11.7 Å². The van der Waals surface area contributed by atoms with Gasteiger partial charge in [0.05, 0.1) is 9.92 Å². The third-order valence-electron chi connectivity index (χ3n) is 5.72. The molecule has 0 radical (unpaired) electrons. The van der Waals surface area contributed by atoms with Crippen molar-refractivity contribution in [1.82, 2.24) is 4.31 Å². The molecule has 1 aliphatic carbocycles. The molecule has 1 amide bonds. The van der Waals surface area contributed by atoms with Gasteiger partial charge in [0.1, 0.15) is 5.82 Å². The van der Waals surface area contributed by atoms with Gasteiger partial charge in [0.25, 0.3) is 0 Å². The van der Waals surface area contributed by atoms with Crippen molar-refractivity contribution < 1.29 is 17.6 Å². The number of rotatable bonds is 4. The first kappa shape index (κ1) is 20.3. The molecule has 1 fully saturated rings. The van der Waals surface area contributed by atoms with Crippen LogP contribution in [0.25, 0.3) is 0 Å². The number of benzene rings is 2. The largest absolute Gasteiger partial charge is 0.326 e. The minimum atomic E-state index is -3.56. The molecule has 2 aromatic carbocycles. The second-order valence-corrected chi connectivity index (χ2v) is 9.93. The Bertz CT molecular complexity index is 1050. The maximum atomic E-state index is 13.3. The van der Waals surface area contributed by atoms with Gasteiger partial charge in [-0.1, -0.05) is 17.7 Å². The number of carbonyl (C=O) groups is 1. The van der Waals surface area contributed by atoms with Gasteiger partial charge in [0, 0.05) is 24.7 Å². The Labute approximate surface area is 174 Å². The lowest BCUT2D eigenvalue weighted by Crippen LogP contribution is -2.41. The Morgan fingerprint density at radius 3 is 2.52 bits per heavy atom. The monoisotopic (exact) mass is 436 g/mol. The van der Waals surface area contributed by atoms with Gasteiger partial charge in [0.15, 0.2) is 0 Å². The minimum Gasteiger partial charge on any atom is -0.326 e. The van der Waals surface area contributed by atoms with Crippen LogP contribution < -0.4 is 5.32 Å². The first-order valence-corrected chi connectivity index (χ1v) is 11.5. The molecular weight excluding hydrogens is 415 g/mol. The van der Waals surface area contributed by atoms with E-state index in [2.05, 4.69) is 5.32 Å². The standard InChI is InChI=1S/C21H22ClFN2O3S/c22-19-13-17(5-7-20(19)23)24-21(26)15-8-10-25(11-9-15)29(27,28)18-6-4-14-2-1-3-16(14)12-18/h4-7,12-13,15H,1-3,8-11H2,(H,24,26). The van der Waals surface area contributed by atoms with Crippen LogP contribution in [0.5, 0.6) is 0 Å². The van der Waals surface area contributed by atoms with Crippen molar-refractivity contribution in [1.29, 1.82) is 0 Å². The molecule has 5 nitrogen and oxygen atoms in total. The van der Waals surface area contributed by atoms with E-state index in [9.17, 15) is 17.6 Å². The van der Waals surface area contributed by atoms with Crippen LogP contribution in [0.4, 0.5) is 10.1 Å². The molecule has 0 bridgehead atoms. The minimum absolute atomic E-state index is 0.0574. The number of carbonyl (C=O) groups excluding carboxylic acids is 1. The molecule has 2 aliphatic rings. The van der Waals surface area contributed by atoms with E-state index < -0.39 is 15.8 Å². The molecule has 4 rings (SSSR count). The van der Waals surface area contributed by atoms with Gasteiger partial charge in [-0.2, -0.15) is 4.31 Å². The molecule has 1 saturated heterocycles. The molecule has 8 heteroatoms. The van der Waals surface area contributed by atoms with Gasteiger partial charge >= 0.3 is 0 Å². The molecule has 0 atom stereocenters. The normalized spacial score (nSPS) is 17.9. The summed E-state index contributed by atoms with van der Waals surface area (Å²) in [5.74, 6) is -1.05. The predicted octanol–water partition coefficient (Wildman–Crippen LogP) is 4.01. The van der Waals surface area contributed by atoms with Crippen molar-refractivity contribution in [3.8, 4) is 0 Å². The fraction of sp³-hybridized carbons (Fsp3) is 0.381. The van der Waals surface area contributed by atoms with Crippen LogP contribution in [0.2, 0.25) is 5.02 Å². The number of nitrogens with zero attached hydrogens (tertiary/aromatic N) is 1. The summed E-state index contributed by atoms with van der Waals surface area (Å²) in [5, 5.41) is 2.68. The van der Waals surface area contributed by atoms with Gasteiger partial charge in [-0.25, -0.2) is 12.8 Å². The van der Waals surface area contributed by atoms with Gasteiger partial charge in [-0.05, 0) is 73.6 Å². The molecule has 0 saturated carbocycles. The number of piperidine rings is 1. The quantitative estimate of drug-likeness (QED) is 0.787. The number of fused-ring (bicyclic) bond motifs is 1. The smallest absolute Gasteiger partial charge is 0.243 e. The van der Waals surface area contributed by atoms with E-state index in [1.165, 1.54) is 28.1 Å². The van der Waals surface area contributed by atoms with E-state index >= 15 is 0 Å². The van der Waals surface area contributed by atoms with Crippen molar-refractivity contribution in [2.24, 2.45) is 5.92 Å². The number of aryl methyl sites for hydroxylation is 2. The topological polar surface area (TPSA) is 66.5 Å². The van der Waals surface area contributed by atoms with E-state index in [0.717, 1.165) is 24.8 Å². The number of hydrogen-bond donors (Lipinski definition) is 1. The summed E-state index contributed by atoms with van der Waals surface area (Å²) in [5.41, 5.74) is 2.79. The van der Waals surface area contributed by atoms with Crippen LogP contribution in [0.1, 0.15) is 30.4 Å². The summed E-state index contributed by atoms with van der Waals surface area (Å²) >= 11 is 5.75. The van der Waals surface area contributed by atoms with Crippen LogP contribution in [-0.2, 0) is 27.7 Å². The highest BCUT2D eigenvalue weighted by Gasteiger charge is 2.32. The molecule has 0 spiro atoms. The van der Waals surface area contributed by atoms with Gasteiger partial charge < -0.3 is 5.32 Å². The molecule has 1 heterocycles. The number of halogens is 2. The second-order valence-electron chi connectivity index (χ2n) is 7.58. The maximum Gasteiger partial charge on any atom is 0.243 e. The Morgan fingerprint density at radius 2 is 1.79 bits per heavy atom. The Kier molecular flexibility index (Phi) is 5.64. The highest BCUT2D eigenvalue weighted by atomic mass is 35.5. The number of anilines is 1. The zero-order valence-corrected chi connectivity index (χ0v) is 17.4. The van der Waals surface area contributed by atoms with E-state index in [-0.39, 0.29) is 16.8 Å². The van der Waals surface area contributed by atoms with Gasteiger partial charge in [-0.15, -0.1) is 0 Å². The van der Waals surface area contributed by atoms with Crippen LogP contribution in [0.3, 0.4) is 0 Å². The van der Waals surface area contributed by atoms with Crippen LogP contribution in [0.15, 0.2) is 41.3 Å². The summed E-state index contributed by atoms with van der Waals surface area (Å²) in [4.78, 5) is 12.8. The summed E-state index contributed by atoms with van der Waals surface area (Å²) in [6.07, 6.45) is 3.87. The molecule has 0 aromatic heterocycles. The highest BCUT2D eigenvalue weighted by Crippen LogP contribution is 2.29. The van der Waals surface area contributed by atoms with Crippen molar-refractivity contribution >= 4 is 33.2 Å². The first-order valence-electron chi connectivity index (χ1n) is 9.72. The zero-order chi connectivity index (χ0) is 20.6. The Morgan fingerprint density at radius 1 is 1.07 bits per heavy atom. The average Bonchev–Trinajstić information content (AvgIpc) is 3.19. The molecule has 0 unspecified atom stereocenters. The summed E-state index contributed by atoms with van der Waals surface area (Å²) in [6.45, 7) is 0.587. The lowest BCUT2D eigenvalue weighted by Gasteiger charge is -2.30. The summed E-state index contributed by atoms with van der Waals surface area (Å²) in [6, 6.07) is 9.42. The third kappa shape index (κ3) is 4.17. The average molecular weight is 437 g/mol. The zero-order valence-electron chi connectivity index (χ0n) is 15.8. The summed E-state index contributed by atoms with van der Waals surface area (Å²) < 4.78 is 40.7. The lowest BCUT2D eigenvalue weighted by molar-refractivity contribution is -0.120. The molecule has 1 N–H and O–H groups in total. The van der Waals surface area contributed by atoms with E-state index in [0.29, 0.717) is 36.5 Å². The van der Waals surface area contributed by atoms with Gasteiger partial charge in [-0.3, -0.25) is 4.79 Å². The molecular formula is C21H22ClFN2O3S. The first-order chi connectivity index (χ1) is 13.8. The maximum absolute atomic E-state index is 13.3. The van der Waals surface area contributed by atoms with Crippen LogP contribution in [-0.4, -0.2) is 31.7 Å². The predicted molar refractivity (Wildman–Crippen MR) is 110 cm³/mol. The SMILES string of the molecule is O=C(Nc1ccc(F)c(Cl)c1)C1CCN(S(=O)(=O)c2ccc3c(c2)CCC3)CC1. The van der Waals surface area contributed by atoms with Crippen molar-refractivity contribution in [2.45, 2.75) is 37.0 Å². The highest BCUT2D eigenvalue weighted by molar-refractivity contribution is 7.89. The molecule has 1 aliphatic heterocycles. The van der Waals surface area contributed by atoms with Gasteiger partial charge in [0.2, 0.25) is 15.9 Å². The number of sulfonamides is 1. The third-order valence-corrected chi connectivity index (χ3v) is 7.90. The molecule has 2 aromatic rings. The number of hydrogen-bond acceptors (Lipinski definition) is 3. The lowest BCUT2D eigenvalue weighted by atomic mass is 9.97. The Hall–Kier alpha value is -1.96. The van der Waals surface area contributed by atoms with Crippen LogP contribution >= 0.6 is 11.6 Å². The van der Waals surface area contributed by atoms with E-state index in [1.54, 1.807) is 12.1 Å². The molecule has 154 valence electrons. The van der Waals surface area contributed by atoms with Crippen molar-refractivity contribution in [3.05, 3.63) is 58.4 Å². The number of nitrogens with one attached hydrogen (secondary N) is 1. The molecule has 29 heavy (non-hydrogen) atoms. The van der Waals surface area contributed by atoms with E-state index in [1.807, 2.05) is 6.07 Å². The fourth-order valence-corrected chi connectivity index (χ4v) is 5.74. The van der Waals surface area contributed by atoms with Crippen molar-refractivity contribution in [2.75, 3.05) is 18.4 Å². The van der Waals surface area contributed by atoms with Crippen molar-refractivity contribution in [3.63, 3.8) is 0 Å². The Balaban J connectivity index is 1.39. The second kappa shape index (κ2) is 8.05. The fourth-order valence-electron chi connectivity index (χ4n) is 4.03. The summed E-state index contributed by atoms with van der Waals surface area (Å²) in [7, 11) is -3.56. The van der Waals surface area contributed by atoms with E-state index in [4.69, 9.17) is 11.6 Å². The number of amides is 1.